The number of nitrogens with zero attached hydrogens (tertiary/aromatic N) is 2. The molecule has 1 N–H and O–H groups in total. The van der Waals surface area contributed by atoms with Crippen LogP contribution in [0.5, 0.6) is 0 Å². The zero-order valence-corrected chi connectivity index (χ0v) is 18.7. The minimum absolute atomic E-state index is 0.0101. The zero-order chi connectivity index (χ0) is 21.2. The Kier molecular flexibility index (Phi) is 6.59. The predicted octanol–water partition coefficient (Wildman–Crippen LogP) is 4.74. The summed E-state index contributed by atoms with van der Waals surface area (Å²) in [4.78, 5) is 26.9. The number of rotatable bonds is 3. The van der Waals surface area contributed by atoms with Gasteiger partial charge in [0.15, 0.2) is 0 Å². The van der Waals surface area contributed by atoms with Crippen molar-refractivity contribution >= 4 is 12.0 Å². The van der Waals surface area contributed by atoms with Crippen LogP contribution in [0.1, 0.15) is 93.5 Å². The Labute approximate surface area is 175 Å². The van der Waals surface area contributed by atoms with Crippen molar-refractivity contribution in [3.63, 3.8) is 0 Å². The summed E-state index contributed by atoms with van der Waals surface area (Å²) in [6, 6.07) is 2.66. The van der Waals surface area contributed by atoms with Crippen LogP contribution < -0.4 is 5.32 Å². The van der Waals surface area contributed by atoms with Crippen LogP contribution in [0.25, 0.3) is 0 Å². The van der Waals surface area contributed by atoms with Crippen LogP contribution in [0.2, 0.25) is 0 Å². The van der Waals surface area contributed by atoms with E-state index < -0.39 is 5.60 Å². The van der Waals surface area contributed by atoms with Crippen molar-refractivity contribution in [2.24, 2.45) is 0 Å². The summed E-state index contributed by atoms with van der Waals surface area (Å²) in [5, 5.41) is 3.20. The van der Waals surface area contributed by atoms with Gasteiger partial charge < -0.3 is 19.5 Å². The molecule has 1 saturated heterocycles. The predicted molar refractivity (Wildman–Crippen MR) is 114 cm³/mol. The first-order valence-electron chi connectivity index (χ1n) is 11.1. The zero-order valence-electron chi connectivity index (χ0n) is 18.7. The molecular weight excluding hydrogens is 366 g/mol. The lowest BCUT2D eigenvalue weighted by molar-refractivity contribution is 0.0199. The van der Waals surface area contributed by atoms with Gasteiger partial charge in [-0.15, -0.1) is 0 Å². The van der Waals surface area contributed by atoms with Crippen LogP contribution in [0.3, 0.4) is 0 Å². The van der Waals surface area contributed by atoms with Gasteiger partial charge in [-0.3, -0.25) is 4.79 Å². The van der Waals surface area contributed by atoms with Gasteiger partial charge in [0, 0.05) is 36.6 Å². The summed E-state index contributed by atoms with van der Waals surface area (Å²) in [6.07, 6.45) is 7.54. The molecule has 162 valence electrons. The fourth-order valence-electron chi connectivity index (χ4n) is 4.70. The Bertz CT molecular complexity index is 733. The van der Waals surface area contributed by atoms with E-state index in [9.17, 15) is 9.59 Å². The standard InChI is InChI=1S/C23H37N3O3/c1-16-15-20(17(2)26(16)19-9-7-6-8-10-19)21(27)24-18-11-13-25(14-12-18)22(28)29-23(3,4)5/h15,18-19H,6-14H2,1-5H3,(H,24,27). The van der Waals surface area contributed by atoms with Crippen LogP contribution >= 0.6 is 0 Å². The number of aryl methyl sites for hydroxylation is 1. The number of hydrogen-bond donors (Lipinski definition) is 1. The van der Waals surface area contributed by atoms with Crippen LogP contribution in [-0.4, -0.2) is 46.2 Å². The van der Waals surface area contributed by atoms with E-state index in [-0.39, 0.29) is 18.0 Å². The third kappa shape index (κ3) is 5.34. The van der Waals surface area contributed by atoms with Gasteiger partial charge in [-0.1, -0.05) is 19.3 Å². The highest BCUT2D eigenvalue weighted by atomic mass is 16.6. The number of carbonyl (C=O) groups excluding carboxylic acids is 2. The average molecular weight is 404 g/mol. The number of aromatic nitrogens is 1. The van der Waals surface area contributed by atoms with Crippen molar-refractivity contribution in [1.82, 2.24) is 14.8 Å². The molecule has 0 bridgehead atoms. The lowest BCUT2D eigenvalue weighted by Gasteiger charge is -2.33. The Hall–Kier alpha value is -1.98. The molecule has 1 aromatic rings. The summed E-state index contributed by atoms with van der Waals surface area (Å²) in [5.41, 5.74) is 2.57. The monoisotopic (exact) mass is 403 g/mol. The molecule has 6 nitrogen and oxygen atoms in total. The molecule has 3 rings (SSSR count). The van der Waals surface area contributed by atoms with Gasteiger partial charge in [0.2, 0.25) is 0 Å². The second-order valence-electron chi connectivity index (χ2n) is 9.66. The highest BCUT2D eigenvalue weighted by molar-refractivity contribution is 5.96. The number of carbonyl (C=O) groups is 2. The van der Waals surface area contributed by atoms with Gasteiger partial charge in [0.1, 0.15) is 5.60 Å². The number of amides is 2. The molecule has 0 atom stereocenters. The highest BCUT2D eigenvalue weighted by Crippen LogP contribution is 2.32. The van der Waals surface area contributed by atoms with Crippen molar-refractivity contribution in [2.45, 2.75) is 97.2 Å². The summed E-state index contributed by atoms with van der Waals surface area (Å²) in [6.45, 7) is 11.0. The maximum atomic E-state index is 13.0. The molecule has 2 aliphatic rings. The van der Waals surface area contributed by atoms with Gasteiger partial charge >= 0.3 is 6.09 Å². The van der Waals surface area contributed by atoms with Crippen molar-refractivity contribution in [2.75, 3.05) is 13.1 Å². The molecule has 1 aliphatic carbocycles. The average Bonchev–Trinajstić information content (AvgIpc) is 2.96. The second-order valence-corrected chi connectivity index (χ2v) is 9.66. The fourth-order valence-corrected chi connectivity index (χ4v) is 4.70. The molecule has 6 heteroatoms. The normalized spacial score (nSPS) is 19.3. The Balaban J connectivity index is 1.57. The van der Waals surface area contributed by atoms with Gasteiger partial charge in [-0.2, -0.15) is 0 Å². The van der Waals surface area contributed by atoms with Crippen LogP contribution in [0.4, 0.5) is 4.79 Å². The van der Waals surface area contributed by atoms with E-state index in [2.05, 4.69) is 23.7 Å². The maximum Gasteiger partial charge on any atom is 0.410 e. The smallest absolute Gasteiger partial charge is 0.410 e. The molecule has 2 heterocycles. The molecule has 0 radical (unpaired) electrons. The van der Waals surface area contributed by atoms with E-state index in [1.165, 1.54) is 37.8 Å². The summed E-state index contributed by atoms with van der Waals surface area (Å²) in [7, 11) is 0. The lowest BCUT2D eigenvalue weighted by atomic mass is 9.95. The van der Waals surface area contributed by atoms with E-state index in [0.717, 1.165) is 24.1 Å². The summed E-state index contributed by atoms with van der Waals surface area (Å²) in [5.74, 6) is 0.0101. The molecule has 2 fully saturated rings. The van der Waals surface area contributed by atoms with Gasteiger partial charge in [-0.05, 0) is 66.4 Å². The van der Waals surface area contributed by atoms with Crippen molar-refractivity contribution in [3.05, 3.63) is 23.0 Å². The first kappa shape index (κ1) is 21.7. The van der Waals surface area contributed by atoms with Crippen LogP contribution in [0.15, 0.2) is 6.07 Å². The molecule has 1 aliphatic heterocycles. The van der Waals surface area contributed by atoms with E-state index in [0.29, 0.717) is 19.1 Å². The van der Waals surface area contributed by atoms with E-state index in [4.69, 9.17) is 4.74 Å². The fraction of sp³-hybridized carbons (Fsp3) is 0.739. The highest BCUT2D eigenvalue weighted by Gasteiger charge is 2.29. The van der Waals surface area contributed by atoms with E-state index >= 15 is 0 Å². The molecule has 0 unspecified atom stereocenters. The lowest BCUT2D eigenvalue weighted by Crippen LogP contribution is -2.47. The minimum Gasteiger partial charge on any atom is -0.444 e. The first-order valence-corrected chi connectivity index (χ1v) is 11.1. The number of hydrogen-bond acceptors (Lipinski definition) is 3. The molecule has 1 saturated carbocycles. The SMILES string of the molecule is Cc1cc(C(=O)NC2CCN(C(=O)OC(C)(C)C)CC2)c(C)n1C1CCCCC1. The van der Waals surface area contributed by atoms with Gasteiger partial charge in [0.05, 0.1) is 5.56 Å². The van der Waals surface area contributed by atoms with Crippen LogP contribution in [-0.2, 0) is 4.74 Å². The Morgan fingerprint density at radius 3 is 2.24 bits per heavy atom. The minimum atomic E-state index is -0.483. The van der Waals surface area contributed by atoms with Crippen molar-refractivity contribution in [1.29, 1.82) is 0 Å². The molecule has 1 aromatic heterocycles. The van der Waals surface area contributed by atoms with Gasteiger partial charge in [0.25, 0.3) is 5.91 Å². The second kappa shape index (κ2) is 8.80. The molecule has 0 aromatic carbocycles. The van der Waals surface area contributed by atoms with Crippen molar-refractivity contribution < 1.29 is 14.3 Å². The number of piperidine rings is 1. The number of likely N-dealkylation sites (tertiary alicyclic amines) is 1. The molecule has 29 heavy (non-hydrogen) atoms. The van der Waals surface area contributed by atoms with Gasteiger partial charge in [-0.25, -0.2) is 4.79 Å². The molecule has 2 amide bonds. The van der Waals surface area contributed by atoms with Crippen LogP contribution in [0, 0.1) is 13.8 Å². The number of nitrogens with one attached hydrogen (secondary N) is 1. The summed E-state index contributed by atoms with van der Waals surface area (Å²) < 4.78 is 7.82. The molecule has 0 spiro atoms. The third-order valence-corrected chi connectivity index (χ3v) is 6.15. The quantitative estimate of drug-likeness (QED) is 0.793. The van der Waals surface area contributed by atoms with Crippen molar-refractivity contribution in [3.8, 4) is 0 Å². The first-order chi connectivity index (χ1) is 13.7. The van der Waals surface area contributed by atoms with E-state index in [1.807, 2.05) is 26.8 Å². The largest absolute Gasteiger partial charge is 0.444 e. The third-order valence-electron chi connectivity index (χ3n) is 6.15. The summed E-state index contributed by atoms with van der Waals surface area (Å²) >= 11 is 0. The van der Waals surface area contributed by atoms with E-state index in [1.54, 1.807) is 4.90 Å². The number of ether oxygens (including phenoxy) is 1. The topological polar surface area (TPSA) is 63.6 Å². The Morgan fingerprint density at radius 1 is 1.03 bits per heavy atom. The Morgan fingerprint density at radius 2 is 1.66 bits per heavy atom. The molecular formula is C23H37N3O3. The maximum absolute atomic E-state index is 13.0.